The van der Waals surface area contributed by atoms with Crippen LogP contribution in [0.2, 0.25) is 0 Å². The van der Waals surface area contributed by atoms with Crippen molar-refractivity contribution in [1.82, 2.24) is 14.9 Å². The Kier molecular flexibility index (Phi) is 7.38. The van der Waals surface area contributed by atoms with Crippen LogP contribution in [0.25, 0.3) is 17.5 Å². The lowest BCUT2D eigenvalue weighted by Gasteiger charge is -2.18. The Balaban J connectivity index is 2.06. The first-order valence-corrected chi connectivity index (χ1v) is 8.87. The van der Waals surface area contributed by atoms with Gasteiger partial charge in [0.15, 0.2) is 0 Å². The summed E-state index contributed by atoms with van der Waals surface area (Å²) >= 11 is 0. The molecule has 0 aliphatic heterocycles. The van der Waals surface area contributed by atoms with E-state index < -0.39 is 0 Å². The van der Waals surface area contributed by atoms with Gasteiger partial charge in [-0.05, 0) is 61.1 Å². The van der Waals surface area contributed by atoms with Gasteiger partial charge in [-0.3, -0.25) is 14.9 Å². The van der Waals surface area contributed by atoms with E-state index >= 15 is 0 Å². The average molecular weight is 327 g/mol. The second-order valence-electron chi connectivity index (χ2n) is 5.65. The summed E-state index contributed by atoms with van der Waals surface area (Å²) in [5.74, 6) is 0. The van der Waals surface area contributed by atoms with Gasteiger partial charge in [0, 0.05) is 18.9 Å². The van der Waals surface area contributed by atoms with Crippen molar-refractivity contribution in [3.63, 3.8) is 0 Å². The van der Waals surface area contributed by atoms with Crippen molar-refractivity contribution in [2.45, 2.75) is 26.7 Å². The van der Waals surface area contributed by atoms with Gasteiger partial charge in [0.05, 0.1) is 11.4 Å². The molecule has 23 heavy (non-hydrogen) atoms. The highest BCUT2D eigenvalue weighted by Crippen LogP contribution is 2.15. The van der Waals surface area contributed by atoms with Crippen molar-refractivity contribution in [3.8, 4) is 11.4 Å². The van der Waals surface area contributed by atoms with E-state index in [1.54, 1.807) is 0 Å². The summed E-state index contributed by atoms with van der Waals surface area (Å²) in [6, 6.07) is 8.13. The van der Waals surface area contributed by atoms with Crippen LogP contribution in [0.5, 0.6) is 0 Å². The molecule has 3 nitrogen and oxygen atoms in total. The third-order valence-electron chi connectivity index (χ3n) is 3.58. The van der Waals surface area contributed by atoms with Gasteiger partial charge in [-0.25, -0.2) is 0 Å². The molecule has 0 spiro atoms. The smallest absolute Gasteiger partial charge is 0.0892 e. The average Bonchev–Trinajstić information content (AvgIpc) is 2.55. The third-order valence-corrected chi connectivity index (χ3v) is 3.94. The summed E-state index contributed by atoms with van der Waals surface area (Å²) in [5, 5.41) is 1.12. The summed E-state index contributed by atoms with van der Waals surface area (Å²) in [6.45, 7) is 7.78. The summed E-state index contributed by atoms with van der Waals surface area (Å²) in [7, 11) is 2.70. The number of hydrogen-bond donors (Lipinski definition) is 0. The van der Waals surface area contributed by atoms with Gasteiger partial charge >= 0.3 is 0 Å². The van der Waals surface area contributed by atoms with Gasteiger partial charge in [-0.15, -0.1) is 9.24 Å². The maximum atomic E-state index is 4.44. The van der Waals surface area contributed by atoms with E-state index in [9.17, 15) is 0 Å². The summed E-state index contributed by atoms with van der Waals surface area (Å²) in [5.41, 5.74) is 2.99. The highest BCUT2D eigenvalue weighted by molar-refractivity contribution is 7.27. The number of pyridine rings is 2. The van der Waals surface area contributed by atoms with Crippen LogP contribution >= 0.6 is 9.24 Å². The molecule has 1 unspecified atom stereocenters. The van der Waals surface area contributed by atoms with Crippen molar-refractivity contribution < 1.29 is 0 Å². The Bertz CT molecular complexity index is 634. The molecule has 0 aliphatic rings. The second-order valence-corrected chi connectivity index (χ2v) is 6.32. The van der Waals surface area contributed by atoms with E-state index in [1.807, 2.05) is 30.6 Å². The van der Waals surface area contributed by atoms with Gasteiger partial charge in [-0.2, -0.15) is 0 Å². The zero-order chi connectivity index (χ0) is 16.5. The molecular formula is C19H26N3P. The van der Waals surface area contributed by atoms with E-state index in [1.165, 1.54) is 18.4 Å². The molecule has 0 saturated carbocycles. The van der Waals surface area contributed by atoms with Gasteiger partial charge in [-0.1, -0.05) is 26.0 Å². The van der Waals surface area contributed by atoms with Crippen LogP contribution < -0.4 is 5.30 Å². The van der Waals surface area contributed by atoms with Crippen LogP contribution in [0.4, 0.5) is 0 Å². The first-order valence-electron chi connectivity index (χ1n) is 8.29. The predicted octanol–water partition coefficient (Wildman–Crippen LogP) is 3.78. The quantitative estimate of drug-likeness (QED) is 0.691. The lowest BCUT2D eigenvalue weighted by Crippen LogP contribution is -2.25. The third kappa shape index (κ3) is 5.85. The van der Waals surface area contributed by atoms with Gasteiger partial charge < -0.3 is 0 Å². The number of nitrogens with zero attached hydrogens (tertiary/aromatic N) is 3. The Morgan fingerprint density at radius 1 is 1.00 bits per heavy atom. The maximum Gasteiger partial charge on any atom is 0.0892 e. The molecule has 4 heteroatoms. The normalized spacial score (nSPS) is 11.5. The fourth-order valence-corrected chi connectivity index (χ4v) is 2.79. The van der Waals surface area contributed by atoms with Crippen LogP contribution in [0.15, 0.2) is 42.7 Å². The van der Waals surface area contributed by atoms with Crippen LogP contribution in [0.1, 0.15) is 32.3 Å². The largest absolute Gasteiger partial charge is 0.300 e. The molecule has 122 valence electrons. The standard InChI is InChI=1S/C19H26N3P/c1-3-11-22(12-4-2)13-5-6-16-7-9-20-18(14-16)19-15-17(23)8-10-21-19/h5-10,14-15H,3-4,11-13,23H2,1-2H3/b6-5+. The number of rotatable bonds is 8. The Morgan fingerprint density at radius 3 is 2.30 bits per heavy atom. The second kappa shape index (κ2) is 9.54. The molecule has 0 N–H and O–H groups in total. The van der Waals surface area contributed by atoms with Crippen molar-refractivity contribution >= 4 is 20.6 Å². The van der Waals surface area contributed by atoms with Crippen LogP contribution in [0.3, 0.4) is 0 Å². The van der Waals surface area contributed by atoms with E-state index in [0.717, 1.165) is 36.3 Å². The molecule has 0 aliphatic carbocycles. The zero-order valence-corrected chi connectivity index (χ0v) is 15.2. The van der Waals surface area contributed by atoms with Crippen LogP contribution in [0, 0.1) is 0 Å². The molecule has 2 rings (SSSR count). The van der Waals surface area contributed by atoms with E-state index in [4.69, 9.17) is 0 Å². The minimum Gasteiger partial charge on any atom is -0.300 e. The maximum absolute atomic E-state index is 4.44. The molecular weight excluding hydrogens is 301 g/mol. The summed E-state index contributed by atoms with van der Waals surface area (Å²) in [6.07, 6.45) is 10.5. The van der Waals surface area contributed by atoms with Gasteiger partial charge in [0.1, 0.15) is 0 Å². The predicted molar refractivity (Wildman–Crippen MR) is 103 cm³/mol. The fraction of sp³-hybridized carbons (Fsp3) is 0.368. The van der Waals surface area contributed by atoms with Crippen molar-refractivity contribution in [3.05, 3.63) is 48.3 Å². The molecule has 2 heterocycles. The summed E-state index contributed by atoms with van der Waals surface area (Å²) < 4.78 is 0. The molecule has 0 bridgehead atoms. The lowest BCUT2D eigenvalue weighted by molar-refractivity contribution is 0.304. The van der Waals surface area contributed by atoms with Crippen molar-refractivity contribution in [2.24, 2.45) is 0 Å². The molecule has 0 amide bonds. The van der Waals surface area contributed by atoms with E-state index in [-0.39, 0.29) is 0 Å². The highest BCUT2D eigenvalue weighted by Gasteiger charge is 2.02. The van der Waals surface area contributed by atoms with Crippen molar-refractivity contribution in [2.75, 3.05) is 19.6 Å². The van der Waals surface area contributed by atoms with Crippen molar-refractivity contribution in [1.29, 1.82) is 0 Å². The molecule has 1 atom stereocenters. The van der Waals surface area contributed by atoms with Gasteiger partial charge in [0.25, 0.3) is 0 Å². The fourth-order valence-electron chi connectivity index (χ4n) is 2.54. The van der Waals surface area contributed by atoms with Gasteiger partial charge in [0.2, 0.25) is 0 Å². The minimum absolute atomic E-state index is 0.909. The molecule has 0 saturated heterocycles. The molecule has 0 radical (unpaired) electrons. The number of aromatic nitrogens is 2. The minimum atomic E-state index is 0.909. The topological polar surface area (TPSA) is 29.0 Å². The Labute approximate surface area is 142 Å². The van der Waals surface area contributed by atoms with E-state index in [2.05, 4.69) is 56.2 Å². The molecule has 2 aromatic rings. The zero-order valence-electron chi connectivity index (χ0n) is 14.1. The molecule has 0 fully saturated rings. The van der Waals surface area contributed by atoms with Crippen LogP contribution in [-0.4, -0.2) is 34.5 Å². The highest BCUT2D eigenvalue weighted by atomic mass is 31.0. The first kappa shape index (κ1) is 17.8. The lowest BCUT2D eigenvalue weighted by atomic mass is 10.1. The van der Waals surface area contributed by atoms with E-state index in [0.29, 0.717) is 0 Å². The monoisotopic (exact) mass is 327 g/mol. The Morgan fingerprint density at radius 2 is 1.65 bits per heavy atom. The summed E-state index contributed by atoms with van der Waals surface area (Å²) in [4.78, 5) is 11.3. The molecule has 2 aromatic heterocycles. The SMILES string of the molecule is CCCN(C/C=C/c1ccnc(-c2cc(P)ccn2)c1)CCC. The van der Waals surface area contributed by atoms with Crippen LogP contribution in [-0.2, 0) is 0 Å². The Hall–Kier alpha value is -1.57. The first-order chi connectivity index (χ1) is 11.2. The number of hydrogen-bond acceptors (Lipinski definition) is 3. The molecule has 0 aromatic carbocycles.